The van der Waals surface area contributed by atoms with Crippen molar-refractivity contribution in [3.8, 4) is 33.4 Å². The number of nitrogens with zero attached hydrogens (tertiary/aromatic N) is 2. The van der Waals surface area contributed by atoms with E-state index in [9.17, 15) is 0 Å². The third-order valence-electron chi connectivity index (χ3n) is 13.4. The van der Waals surface area contributed by atoms with Gasteiger partial charge in [0.25, 0.3) is 0 Å². The molecule has 0 saturated carbocycles. The Bertz CT molecular complexity index is 3040. The van der Waals surface area contributed by atoms with Crippen LogP contribution in [0.4, 0.5) is 34.1 Å². The molecule has 0 bridgehead atoms. The van der Waals surface area contributed by atoms with E-state index in [-0.39, 0.29) is 5.41 Å². The van der Waals surface area contributed by atoms with Crippen molar-refractivity contribution < 1.29 is 0 Å². The molecule has 2 nitrogen and oxygen atoms in total. The predicted octanol–water partition coefficient (Wildman–Crippen LogP) is 15.3. The molecule has 284 valence electrons. The molecule has 2 heteroatoms. The Kier molecular flexibility index (Phi) is 7.52. The first-order valence-electron chi connectivity index (χ1n) is 21.0. The van der Waals surface area contributed by atoms with Crippen molar-refractivity contribution in [3.63, 3.8) is 0 Å². The van der Waals surface area contributed by atoms with E-state index < -0.39 is 5.41 Å². The van der Waals surface area contributed by atoms with E-state index in [1.807, 2.05) is 0 Å². The van der Waals surface area contributed by atoms with Gasteiger partial charge in [0.1, 0.15) is 0 Å². The Balaban J connectivity index is 1.23. The zero-order valence-electron chi connectivity index (χ0n) is 33.7. The lowest BCUT2D eigenvalue weighted by molar-refractivity contribution is 0.660. The van der Waals surface area contributed by atoms with Gasteiger partial charge in [-0.2, -0.15) is 0 Å². The molecule has 60 heavy (non-hydrogen) atoms. The van der Waals surface area contributed by atoms with Crippen LogP contribution in [0, 0.1) is 0 Å². The van der Waals surface area contributed by atoms with Crippen LogP contribution in [0.1, 0.15) is 47.2 Å². The molecule has 0 unspecified atom stereocenters. The van der Waals surface area contributed by atoms with Crippen molar-refractivity contribution >= 4 is 34.1 Å². The zero-order chi connectivity index (χ0) is 40.0. The molecule has 0 radical (unpaired) electrons. The summed E-state index contributed by atoms with van der Waals surface area (Å²) in [6.45, 7) is 4.75. The lowest BCUT2D eigenvalue weighted by Gasteiger charge is -2.37. The summed E-state index contributed by atoms with van der Waals surface area (Å²) in [5, 5.41) is 0. The van der Waals surface area contributed by atoms with Gasteiger partial charge in [-0.25, -0.2) is 0 Å². The molecule has 9 aromatic rings. The molecule has 0 atom stereocenters. The van der Waals surface area contributed by atoms with Gasteiger partial charge in [-0.1, -0.05) is 172 Å². The summed E-state index contributed by atoms with van der Waals surface area (Å²) >= 11 is 0. The second-order valence-electron chi connectivity index (χ2n) is 16.9. The summed E-state index contributed by atoms with van der Waals surface area (Å²) in [5.74, 6) is 0. The van der Waals surface area contributed by atoms with E-state index in [0.29, 0.717) is 0 Å². The fourth-order valence-electron chi connectivity index (χ4n) is 10.9. The average molecular weight is 767 g/mol. The Morgan fingerprint density at radius 2 is 0.683 bits per heavy atom. The highest BCUT2D eigenvalue weighted by Gasteiger charge is 2.53. The quantitative estimate of drug-likeness (QED) is 0.166. The Morgan fingerprint density at radius 3 is 1.20 bits per heavy atom. The Morgan fingerprint density at radius 1 is 0.283 bits per heavy atom. The van der Waals surface area contributed by atoms with E-state index in [4.69, 9.17) is 0 Å². The fraction of sp³-hybridized carbons (Fsp3) is 0.0690. The predicted molar refractivity (Wildman–Crippen MR) is 250 cm³/mol. The second kappa shape index (κ2) is 13.0. The van der Waals surface area contributed by atoms with E-state index in [0.717, 1.165) is 34.1 Å². The highest BCUT2D eigenvalue weighted by atomic mass is 15.2. The second-order valence-corrected chi connectivity index (χ2v) is 16.9. The number of hydrogen-bond donors (Lipinski definition) is 0. The molecule has 3 aliphatic carbocycles. The van der Waals surface area contributed by atoms with Crippen LogP contribution >= 0.6 is 0 Å². The summed E-state index contributed by atoms with van der Waals surface area (Å²) in [7, 11) is 0. The average Bonchev–Trinajstić information content (AvgIpc) is 3.86. The highest BCUT2D eigenvalue weighted by Crippen LogP contribution is 2.66. The molecule has 0 fully saturated rings. The van der Waals surface area contributed by atoms with Crippen molar-refractivity contribution in [1.82, 2.24) is 0 Å². The molecule has 9 aromatic carbocycles. The lowest BCUT2D eigenvalue weighted by atomic mass is 9.70. The van der Waals surface area contributed by atoms with Gasteiger partial charge in [-0.05, 0) is 122 Å². The van der Waals surface area contributed by atoms with E-state index >= 15 is 0 Å². The fourth-order valence-corrected chi connectivity index (χ4v) is 10.9. The first-order valence-corrected chi connectivity index (χ1v) is 21.0. The SMILES string of the molecule is CC1(C)c2ccccc2-c2ccc(N(c3ccccc3)c3cc(N(c4ccccc4)c4ccccc4)cc4c3C3(c5ccccc5-c5ccccc53)c3ccccc3-4)cc21. The molecule has 0 heterocycles. The van der Waals surface area contributed by atoms with Gasteiger partial charge in [0, 0.05) is 39.4 Å². The van der Waals surface area contributed by atoms with Crippen molar-refractivity contribution in [2.75, 3.05) is 9.80 Å². The maximum atomic E-state index is 2.55. The summed E-state index contributed by atoms with van der Waals surface area (Å²) in [6.07, 6.45) is 0. The van der Waals surface area contributed by atoms with Crippen molar-refractivity contribution in [3.05, 3.63) is 252 Å². The molecule has 0 amide bonds. The minimum Gasteiger partial charge on any atom is -0.310 e. The van der Waals surface area contributed by atoms with Crippen LogP contribution in [0.3, 0.4) is 0 Å². The van der Waals surface area contributed by atoms with Crippen LogP contribution in [-0.2, 0) is 10.8 Å². The van der Waals surface area contributed by atoms with Gasteiger partial charge in [0.2, 0.25) is 0 Å². The summed E-state index contributed by atoms with van der Waals surface area (Å²) < 4.78 is 0. The maximum absolute atomic E-state index is 2.55. The monoisotopic (exact) mass is 766 g/mol. The van der Waals surface area contributed by atoms with Crippen molar-refractivity contribution in [1.29, 1.82) is 0 Å². The topological polar surface area (TPSA) is 6.48 Å². The number of para-hydroxylation sites is 3. The Hall–Kier alpha value is -7.42. The highest BCUT2D eigenvalue weighted by molar-refractivity contribution is 6.02. The standard InChI is InChI=1S/C58H42N2/c1-57(2)50-30-16-12-26-44(50)48-35-34-42(37-54(48)57)60(41-24-10-5-11-25-41)55-38-43(59(39-20-6-3-7-21-39)40-22-8-4-9-23-40)36-49-47-29-15-19-33-53(47)58(56(49)55)51-31-17-13-27-45(51)46-28-14-18-32-52(46)58/h3-38H,1-2H3. The summed E-state index contributed by atoms with van der Waals surface area (Å²) in [4.78, 5) is 4.96. The molecular weight excluding hydrogens is 725 g/mol. The first-order chi connectivity index (χ1) is 29.5. The number of hydrogen-bond acceptors (Lipinski definition) is 2. The van der Waals surface area contributed by atoms with Crippen LogP contribution in [-0.4, -0.2) is 0 Å². The van der Waals surface area contributed by atoms with Gasteiger partial charge >= 0.3 is 0 Å². The smallest absolute Gasteiger partial charge is 0.0746 e. The maximum Gasteiger partial charge on any atom is 0.0746 e. The van der Waals surface area contributed by atoms with Crippen LogP contribution in [0.5, 0.6) is 0 Å². The molecule has 12 rings (SSSR count). The lowest BCUT2D eigenvalue weighted by Crippen LogP contribution is -2.28. The molecular formula is C58H42N2. The van der Waals surface area contributed by atoms with Gasteiger partial charge in [-0.3, -0.25) is 0 Å². The van der Waals surface area contributed by atoms with E-state index in [2.05, 4.69) is 242 Å². The minimum atomic E-state index is -0.559. The number of benzene rings is 9. The third-order valence-corrected chi connectivity index (χ3v) is 13.4. The Labute approximate surface area is 352 Å². The molecule has 3 aliphatic rings. The number of fused-ring (bicyclic) bond motifs is 13. The third kappa shape index (κ3) is 4.76. The van der Waals surface area contributed by atoms with Crippen molar-refractivity contribution in [2.45, 2.75) is 24.7 Å². The van der Waals surface area contributed by atoms with E-state index in [1.165, 1.54) is 66.8 Å². The first kappa shape index (κ1) is 34.6. The normalized spacial score (nSPS) is 14.1. The molecule has 0 aliphatic heterocycles. The summed E-state index contributed by atoms with van der Waals surface area (Å²) in [5.41, 5.74) is 21.7. The number of rotatable bonds is 6. The molecule has 0 saturated heterocycles. The van der Waals surface area contributed by atoms with Gasteiger partial charge in [0.05, 0.1) is 11.1 Å². The zero-order valence-corrected chi connectivity index (χ0v) is 33.7. The van der Waals surface area contributed by atoms with Gasteiger partial charge < -0.3 is 9.80 Å². The van der Waals surface area contributed by atoms with E-state index in [1.54, 1.807) is 0 Å². The van der Waals surface area contributed by atoms with Gasteiger partial charge in [-0.15, -0.1) is 0 Å². The van der Waals surface area contributed by atoms with Crippen LogP contribution in [0.25, 0.3) is 33.4 Å². The van der Waals surface area contributed by atoms with Crippen molar-refractivity contribution in [2.24, 2.45) is 0 Å². The minimum absolute atomic E-state index is 0.160. The molecule has 0 aromatic heterocycles. The van der Waals surface area contributed by atoms with Crippen LogP contribution < -0.4 is 9.80 Å². The molecule has 0 N–H and O–H groups in total. The van der Waals surface area contributed by atoms with Crippen LogP contribution in [0.15, 0.2) is 218 Å². The number of anilines is 6. The summed E-state index contributed by atoms with van der Waals surface area (Å²) in [6, 6.07) is 81.0. The van der Waals surface area contributed by atoms with Gasteiger partial charge in [0.15, 0.2) is 0 Å². The molecule has 1 spiro atoms. The van der Waals surface area contributed by atoms with Crippen LogP contribution in [0.2, 0.25) is 0 Å². The largest absolute Gasteiger partial charge is 0.310 e.